The highest BCUT2D eigenvalue weighted by Crippen LogP contribution is 2.24. The van der Waals surface area contributed by atoms with E-state index in [0.717, 1.165) is 24.5 Å². The summed E-state index contributed by atoms with van der Waals surface area (Å²) in [4.78, 5) is 13.1. The van der Waals surface area contributed by atoms with Gasteiger partial charge >= 0.3 is 5.97 Å². The third-order valence-corrected chi connectivity index (χ3v) is 4.15. The fraction of sp³-hybridized carbons (Fsp3) is 0.533. The highest BCUT2D eigenvalue weighted by molar-refractivity contribution is 6.18. The van der Waals surface area contributed by atoms with Crippen molar-refractivity contribution in [2.24, 2.45) is 5.92 Å². The normalized spacial score (nSPS) is 17.5. The fourth-order valence-electron chi connectivity index (χ4n) is 2.46. The molecule has 0 bridgehead atoms. The SMILES string of the molecule is O=C(O)C1CCN(c2ccc(NCC(O)CCl)cc2)CC1. The van der Waals surface area contributed by atoms with Gasteiger partial charge in [0.15, 0.2) is 0 Å². The summed E-state index contributed by atoms with van der Waals surface area (Å²) in [6, 6.07) is 7.94. The van der Waals surface area contributed by atoms with Gasteiger partial charge < -0.3 is 20.4 Å². The van der Waals surface area contributed by atoms with E-state index < -0.39 is 12.1 Å². The first-order chi connectivity index (χ1) is 10.1. The molecule has 0 saturated carbocycles. The van der Waals surface area contributed by atoms with Crippen molar-refractivity contribution in [3.05, 3.63) is 24.3 Å². The summed E-state index contributed by atoms with van der Waals surface area (Å²) in [7, 11) is 0. The van der Waals surface area contributed by atoms with Gasteiger partial charge in [0.05, 0.1) is 17.9 Å². The summed E-state index contributed by atoms with van der Waals surface area (Å²) < 4.78 is 0. The van der Waals surface area contributed by atoms with Gasteiger partial charge in [0.1, 0.15) is 0 Å². The molecule has 1 fully saturated rings. The molecule has 116 valence electrons. The van der Waals surface area contributed by atoms with Crippen molar-refractivity contribution in [2.45, 2.75) is 18.9 Å². The van der Waals surface area contributed by atoms with Crippen LogP contribution in [0.3, 0.4) is 0 Å². The number of carboxylic acid groups (broad SMARTS) is 1. The number of aliphatic hydroxyl groups is 1. The van der Waals surface area contributed by atoms with Crippen LogP contribution in [0.2, 0.25) is 0 Å². The Morgan fingerprint density at radius 1 is 1.33 bits per heavy atom. The first-order valence-corrected chi connectivity index (χ1v) is 7.69. The lowest BCUT2D eigenvalue weighted by Gasteiger charge is -2.32. The molecule has 1 aliphatic rings. The highest BCUT2D eigenvalue weighted by Gasteiger charge is 2.24. The minimum absolute atomic E-state index is 0.209. The number of nitrogens with zero attached hydrogens (tertiary/aromatic N) is 1. The number of hydrogen-bond acceptors (Lipinski definition) is 4. The summed E-state index contributed by atoms with van der Waals surface area (Å²) in [5.74, 6) is -0.685. The fourth-order valence-corrected chi connectivity index (χ4v) is 2.57. The van der Waals surface area contributed by atoms with Crippen LogP contribution in [0.1, 0.15) is 12.8 Å². The van der Waals surface area contributed by atoms with Crippen molar-refractivity contribution in [2.75, 3.05) is 35.7 Å². The topological polar surface area (TPSA) is 72.8 Å². The standard InChI is InChI=1S/C15H21ClN2O3/c16-9-14(19)10-17-12-1-3-13(4-2-12)18-7-5-11(6-8-18)15(20)21/h1-4,11,14,17,19H,5-10H2,(H,20,21). The molecule has 0 radical (unpaired) electrons. The molecule has 1 atom stereocenters. The quantitative estimate of drug-likeness (QED) is 0.701. The Morgan fingerprint density at radius 3 is 2.48 bits per heavy atom. The maximum absolute atomic E-state index is 10.9. The second kappa shape index (κ2) is 7.52. The van der Waals surface area contributed by atoms with E-state index >= 15 is 0 Å². The number of piperidine rings is 1. The molecular formula is C15H21ClN2O3. The van der Waals surface area contributed by atoms with Crippen molar-refractivity contribution < 1.29 is 15.0 Å². The van der Waals surface area contributed by atoms with Gasteiger partial charge in [-0.3, -0.25) is 4.79 Å². The van der Waals surface area contributed by atoms with Gasteiger partial charge in [0, 0.05) is 31.0 Å². The lowest BCUT2D eigenvalue weighted by Crippen LogP contribution is -2.36. The molecule has 0 spiro atoms. The predicted molar refractivity (Wildman–Crippen MR) is 84.2 cm³/mol. The van der Waals surface area contributed by atoms with Crippen molar-refractivity contribution in [3.8, 4) is 0 Å². The van der Waals surface area contributed by atoms with E-state index in [0.29, 0.717) is 19.4 Å². The van der Waals surface area contributed by atoms with Gasteiger partial charge in [0.25, 0.3) is 0 Å². The number of carbonyl (C=O) groups is 1. The second-order valence-corrected chi connectivity index (χ2v) is 5.64. The van der Waals surface area contributed by atoms with E-state index in [-0.39, 0.29) is 11.8 Å². The third-order valence-electron chi connectivity index (χ3n) is 3.80. The molecule has 0 aromatic heterocycles. The second-order valence-electron chi connectivity index (χ2n) is 5.34. The summed E-state index contributed by atoms with van der Waals surface area (Å²) in [5.41, 5.74) is 2.03. The summed E-state index contributed by atoms with van der Waals surface area (Å²) >= 11 is 5.54. The van der Waals surface area contributed by atoms with Crippen LogP contribution < -0.4 is 10.2 Å². The highest BCUT2D eigenvalue weighted by atomic mass is 35.5. The van der Waals surface area contributed by atoms with Crippen molar-refractivity contribution in [3.63, 3.8) is 0 Å². The lowest BCUT2D eigenvalue weighted by molar-refractivity contribution is -0.142. The summed E-state index contributed by atoms with van der Waals surface area (Å²) in [6.45, 7) is 1.97. The van der Waals surface area contributed by atoms with Crippen LogP contribution in [0.15, 0.2) is 24.3 Å². The Labute approximate surface area is 129 Å². The van der Waals surface area contributed by atoms with E-state index in [1.54, 1.807) is 0 Å². The Bertz CT molecular complexity index is 458. The number of hydrogen-bond donors (Lipinski definition) is 3. The number of nitrogens with one attached hydrogen (secondary N) is 1. The van der Waals surface area contributed by atoms with E-state index in [1.165, 1.54) is 0 Å². The first-order valence-electron chi connectivity index (χ1n) is 7.16. The van der Waals surface area contributed by atoms with E-state index in [1.807, 2.05) is 24.3 Å². The maximum Gasteiger partial charge on any atom is 0.306 e. The molecule has 21 heavy (non-hydrogen) atoms. The van der Waals surface area contributed by atoms with E-state index in [4.69, 9.17) is 16.7 Å². The minimum atomic E-state index is -0.688. The maximum atomic E-state index is 10.9. The monoisotopic (exact) mass is 312 g/mol. The summed E-state index contributed by atoms with van der Waals surface area (Å²) in [6.07, 6.45) is 0.829. The molecule has 1 unspecified atom stereocenters. The van der Waals surface area contributed by atoms with Crippen LogP contribution in [0, 0.1) is 5.92 Å². The van der Waals surface area contributed by atoms with Gasteiger partial charge in [-0.2, -0.15) is 0 Å². The number of rotatable bonds is 6. The van der Waals surface area contributed by atoms with Crippen LogP contribution in [-0.2, 0) is 4.79 Å². The molecule has 2 rings (SSSR count). The van der Waals surface area contributed by atoms with Crippen LogP contribution in [0.4, 0.5) is 11.4 Å². The molecule has 1 aromatic rings. The van der Waals surface area contributed by atoms with Crippen LogP contribution >= 0.6 is 11.6 Å². The average molecular weight is 313 g/mol. The van der Waals surface area contributed by atoms with E-state index in [9.17, 15) is 9.90 Å². The van der Waals surface area contributed by atoms with Crippen molar-refractivity contribution >= 4 is 28.9 Å². The molecule has 5 nitrogen and oxygen atoms in total. The predicted octanol–water partition coefficient (Wildman–Crippen LogP) is 2.00. The Kier molecular flexibility index (Phi) is 5.70. The largest absolute Gasteiger partial charge is 0.481 e. The number of aliphatic carboxylic acids is 1. The molecular weight excluding hydrogens is 292 g/mol. The molecule has 1 saturated heterocycles. The molecule has 6 heteroatoms. The molecule has 0 amide bonds. The number of alkyl halides is 1. The van der Waals surface area contributed by atoms with Gasteiger partial charge in [-0.05, 0) is 37.1 Å². The lowest BCUT2D eigenvalue weighted by atomic mass is 9.97. The van der Waals surface area contributed by atoms with E-state index in [2.05, 4.69) is 10.2 Å². The van der Waals surface area contributed by atoms with Crippen LogP contribution in [0.25, 0.3) is 0 Å². The van der Waals surface area contributed by atoms with Gasteiger partial charge in [0.2, 0.25) is 0 Å². The number of benzene rings is 1. The Hall–Kier alpha value is -1.46. The van der Waals surface area contributed by atoms with Gasteiger partial charge in [-0.15, -0.1) is 11.6 Å². The van der Waals surface area contributed by atoms with Crippen molar-refractivity contribution in [1.29, 1.82) is 0 Å². The first kappa shape index (κ1) is 15.9. The Morgan fingerprint density at radius 2 is 1.95 bits per heavy atom. The molecule has 1 aromatic carbocycles. The Balaban J connectivity index is 1.86. The van der Waals surface area contributed by atoms with Gasteiger partial charge in [-0.25, -0.2) is 0 Å². The smallest absolute Gasteiger partial charge is 0.306 e. The van der Waals surface area contributed by atoms with Crippen molar-refractivity contribution in [1.82, 2.24) is 0 Å². The molecule has 0 aliphatic carbocycles. The number of aliphatic hydroxyl groups excluding tert-OH is 1. The molecule has 1 heterocycles. The zero-order valence-electron chi connectivity index (χ0n) is 11.8. The number of anilines is 2. The zero-order valence-corrected chi connectivity index (χ0v) is 12.6. The number of halogens is 1. The van der Waals surface area contributed by atoms with Crippen LogP contribution in [-0.4, -0.2) is 47.8 Å². The summed E-state index contributed by atoms with van der Waals surface area (Å²) in [5, 5.41) is 21.5. The van der Waals surface area contributed by atoms with Gasteiger partial charge in [-0.1, -0.05) is 0 Å². The molecule has 3 N–H and O–H groups in total. The average Bonchev–Trinajstić information content (AvgIpc) is 2.53. The zero-order chi connectivity index (χ0) is 15.2. The van der Waals surface area contributed by atoms with Crippen LogP contribution in [0.5, 0.6) is 0 Å². The third kappa shape index (κ3) is 4.51. The number of carboxylic acids is 1. The minimum Gasteiger partial charge on any atom is -0.481 e. The molecule has 1 aliphatic heterocycles.